The van der Waals surface area contributed by atoms with Crippen molar-refractivity contribution in [2.45, 2.75) is 52.4 Å². The van der Waals surface area contributed by atoms with Gasteiger partial charge >= 0.3 is 0 Å². The standard InChI is InChI=1S/C19H26O/c1-18-11-4-3-5-13(18)6-7-14-15-8-9-17(20)19(15,2)12-10-16(14)18/h3-4,8-9,13-16H,5-7,10-12H2,1-2H3/t13-,14+,15+,16+,18+,19+/m1/s1. The van der Waals surface area contributed by atoms with E-state index in [-0.39, 0.29) is 5.41 Å². The molecular formula is C19H26O. The van der Waals surface area contributed by atoms with Gasteiger partial charge in [-0.2, -0.15) is 0 Å². The Morgan fingerprint density at radius 3 is 2.85 bits per heavy atom. The van der Waals surface area contributed by atoms with Gasteiger partial charge in [0, 0.05) is 5.41 Å². The third-order valence-electron chi connectivity index (χ3n) is 7.48. The average Bonchev–Trinajstić information content (AvgIpc) is 2.74. The van der Waals surface area contributed by atoms with E-state index in [0.29, 0.717) is 17.1 Å². The summed E-state index contributed by atoms with van der Waals surface area (Å²) in [6.45, 7) is 4.77. The lowest BCUT2D eigenvalue weighted by molar-refractivity contribution is -0.134. The molecule has 1 nitrogen and oxygen atoms in total. The van der Waals surface area contributed by atoms with E-state index in [9.17, 15) is 4.79 Å². The number of fused-ring (bicyclic) bond motifs is 5. The molecular weight excluding hydrogens is 244 g/mol. The van der Waals surface area contributed by atoms with Gasteiger partial charge in [-0.05, 0) is 73.7 Å². The summed E-state index contributed by atoms with van der Waals surface area (Å²) < 4.78 is 0. The second-order valence-corrected chi connectivity index (χ2v) is 8.17. The first kappa shape index (κ1) is 12.9. The Morgan fingerprint density at radius 1 is 1.15 bits per heavy atom. The molecule has 0 aromatic carbocycles. The van der Waals surface area contributed by atoms with E-state index < -0.39 is 0 Å². The van der Waals surface area contributed by atoms with Gasteiger partial charge in [0.2, 0.25) is 0 Å². The van der Waals surface area contributed by atoms with Crippen LogP contribution in [-0.2, 0) is 4.79 Å². The summed E-state index contributed by atoms with van der Waals surface area (Å²) >= 11 is 0. The molecule has 0 amide bonds. The maximum absolute atomic E-state index is 12.3. The van der Waals surface area contributed by atoms with Gasteiger partial charge in [0.05, 0.1) is 0 Å². The molecule has 2 saturated carbocycles. The van der Waals surface area contributed by atoms with E-state index in [1.54, 1.807) is 0 Å². The summed E-state index contributed by atoms with van der Waals surface area (Å²) in [5.74, 6) is 3.40. The van der Waals surface area contributed by atoms with E-state index in [1.807, 2.05) is 6.08 Å². The molecule has 4 rings (SSSR count). The van der Waals surface area contributed by atoms with Crippen molar-refractivity contribution < 1.29 is 4.79 Å². The van der Waals surface area contributed by atoms with Crippen molar-refractivity contribution in [1.29, 1.82) is 0 Å². The molecule has 0 radical (unpaired) electrons. The van der Waals surface area contributed by atoms with Gasteiger partial charge in [0.15, 0.2) is 5.78 Å². The summed E-state index contributed by atoms with van der Waals surface area (Å²) in [5, 5.41) is 0. The van der Waals surface area contributed by atoms with Crippen LogP contribution in [-0.4, -0.2) is 5.78 Å². The molecule has 0 aromatic heterocycles. The quantitative estimate of drug-likeness (QED) is 0.591. The van der Waals surface area contributed by atoms with Crippen molar-refractivity contribution >= 4 is 5.78 Å². The van der Waals surface area contributed by atoms with Gasteiger partial charge in [0.25, 0.3) is 0 Å². The molecule has 0 bridgehead atoms. The van der Waals surface area contributed by atoms with E-state index in [1.165, 1.54) is 32.1 Å². The highest BCUT2D eigenvalue weighted by Gasteiger charge is 2.57. The lowest BCUT2D eigenvalue weighted by Crippen LogP contribution is -2.52. The van der Waals surface area contributed by atoms with E-state index >= 15 is 0 Å². The maximum Gasteiger partial charge on any atom is 0.161 e. The largest absolute Gasteiger partial charge is 0.294 e. The summed E-state index contributed by atoms with van der Waals surface area (Å²) in [5.41, 5.74) is 0.438. The fraction of sp³-hybridized carbons (Fsp3) is 0.737. The molecule has 1 heteroatoms. The smallest absolute Gasteiger partial charge is 0.161 e. The highest BCUT2D eigenvalue weighted by atomic mass is 16.1. The Hall–Kier alpha value is -0.850. The molecule has 4 aliphatic carbocycles. The van der Waals surface area contributed by atoms with Crippen LogP contribution in [0.15, 0.2) is 24.3 Å². The van der Waals surface area contributed by atoms with Crippen molar-refractivity contribution in [2.24, 2.45) is 34.5 Å². The van der Waals surface area contributed by atoms with Gasteiger partial charge in [-0.15, -0.1) is 0 Å². The number of hydrogen-bond acceptors (Lipinski definition) is 1. The van der Waals surface area contributed by atoms with E-state index in [2.05, 4.69) is 32.1 Å². The van der Waals surface area contributed by atoms with Crippen molar-refractivity contribution in [3.63, 3.8) is 0 Å². The minimum absolute atomic E-state index is 0.0606. The van der Waals surface area contributed by atoms with Crippen LogP contribution in [0.1, 0.15) is 52.4 Å². The summed E-state index contributed by atoms with van der Waals surface area (Å²) in [4.78, 5) is 12.3. The topological polar surface area (TPSA) is 17.1 Å². The molecule has 0 spiro atoms. The first-order valence-corrected chi connectivity index (χ1v) is 8.43. The highest BCUT2D eigenvalue weighted by Crippen LogP contribution is 2.63. The summed E-state index contributed by atoms with van der Waals surface area (Å²) in [6.07, 6.45) is 16.6. The van der Waals surface area contributed by atoms with Crippen LogP contribution in [0.25, 0.3) is 0 Å². The zero-order valence-electron chi connectivity index (χ0n) is 12.8. The molecule has 0 saturated heterocycles. The van der Waals surface area contributed by atoms with Crippen LogP contribution in [0.2, 0.25) is 0 Å². The first-order valence-electron chi connectivity index (χ1n) is 8.43. The predicted molar refractivity (Wildman–Crippen MR) is 81.2 cm³/mol. The van der Waals surface area contributed by atoms with E-state index in [4.69, 9.17) is 0 Å². The Balaban J connectivity index is 1.70. The van der Waals surface area contributed by atoms with Crippen LogP contribution in [0.3, 0.4) is 0 Å². The van der Waals surface area contributed by atoms with Crippen molar-refractivity contribution in [1.82, 2.24) is 0 Å². The Morgan fingerprint density at radius 2 is 2.00 bits per heavy atom. The minimum Gasteiger partial charge on any atom is -0.294 e. The number of ketones is 1. The molecule has 4 aliphatic rings. The third kappa shape index (κ3) is 1.47. The lowest BCUT2D eigenvalue weighted by Gasteiger charge is -2.58. The Labute approximate surface area is 122 Å². The molecule has 2 fully saturated rings. The first-order chi connectivity index (χ1) is 9.56. The number of hydrogen-bond donors (Lipinski definition) is 0. The van der Waals surface area contributed by atoms with Gasteiger partial charge in [-0.1, -0.05) is 32.1 Å². The van der Waals surface area contributed by atoms with Gasteiger partial charge in [0.1, 0.15) is 0 Å². The number of carbonyl (C=O) groups excluding carboxylic acids is 1. The zero-order valence-corrected chi connectivity index (χ0v) is 12.8. The Kier molecular flexibility index (Phi) is 2.63. The molecule has 0 aromatic rings. The van der Waals surface area contributed by atoms with Crippen molar-refractivity contribution in [3.8, 4) is 0 Å². The zero-order chi connectivity index (χ0) is 14.0. The molecule has 0 aliphatic heterocycles. The number of rotatable bonds is 0. The monoisotopic (exact) mass is 270 g/mol. The predicted octanol–water partition coefficient (Wildman–Crippen LogP) is 4.54. The number of allylic oxidation sites excluding steroid dienone is 4. The molecule has 108 valence electrons. The second-order valence-electron chi connectivity index (χ2n) is 8.17. The van der Waals surface area contributed by atoms with Crippen LogP contribution in [0.4, 0.5) is 0 Å². The van der Waals surface area contributed by atoms with Gasteiger partial charge < -0.3 is 0 Å². The molecule has 0 unspecified atom stereocenters. The molecule has 0 heterocycles. The maximum atomic E-state index is 12.3. The summed E-state index contributed by atoms with van der Waals surface area (Å²) in [6, 6.07) is 0. The highest BCUT2D eigenvalue weighted by molar-refractivity contribution is 5.97. The SMILES string of the molecule is C[C@]12CC=CC[C@@H]1CC[C@@H]1[C@@H]2CC[C@]2(C)C(=O)C=C[C@@H]12. The number of carbonyl (C=O) groups is 1. The lowest BCUT2D eigenvalue weighted by atomic mass is 9.46. The molecule has 0 N–H and O–H groups in total. The van der Waals surface area contributed by atoms with Gasteiger partial charge in [-0.3, -0.25) is 4.79 Å². The van der Waals surface area contributed by atoms with Crippen molar-refractivity contribution in [3.05, 3.63) is 24.3 Å². The Bertz CT molecular complexity index is 502. The van der Waals surface area contributed by atoms with Crippen LogP contribution in [0, 0.1) is 34.5 Å². The normalized spacial score (nSPS) is 53.4. The summed E-state index contributed by atoms with van der Waals surface area (Å²) in [7, 11) is 0. The second kappa shape index (κ2) is 4.08. The van der Waals surface area contributed by atoms with Gasteiger partial charge in [-0.25, -0.2) is 0 Å². The molecule has 6 atom stereocenters. The average molecular weight is 270 g/mol. The van der Waals surface area contributed by atoms with Crippen LogP contribution >= 0.6 is 0 Å². The molecule has 20 heavy (non-hydrogen) atoms. The van der Waals surface area contributed by atoms with Crippen molar-refractivity contribution in [2.75, 3.05) is 0 Å². The van der Waals surface area contributed by atoms with Crippen LogP contribution < -0.4 is 0 Å². The van der Waals surface area contributed by atoms with E-state index in [0.717, 1.165) is 24.2 Å². The minimum atomic E-state index is -0.0606. The van der Waals surface area contributed by atoms with Crippen LogP contribution in [0.5, 0.6) is 0 Å². The third-order valence-corrected chi connectivity index (χ3v) is 7.48. The fourth-order valence-corrected chi connectivity index (χ4v) is 6.11. The fourth-order valence-electron chi connectivity index (χ4n) is 6.11.